The van der Waals surface area contributed by atoms with Crippen molar-refractivity contribution in [1.82, 2.24) is 15.4 Å². The summed E-state index contributed by atoms with van der Waals surface area (Å²) in [5, 5.41) is 7.19. The number of hydrogen-bond acceptors (Lipinski definition) is 5. The fraction of sp³-hybridized carbons (Fsp3) is 0.684. The zero-order valence-corrected chi connectivity index (χ0v) is 19.0. The van der Waals surface area contributed by atoms with Gasteiger partial charge in [-0.05, 0) is 69.3 Å². The van der Waals surface area contributed by atoms with Crippen LogP contribution < -0.4 is 20.1 Å². The van der Waals surface area contributed by atoms with Crippen LogP contribution in [0.4, 0.5) is 0 Å². The molecule has 0 unspecified atom stereocenters. The first-order chi connectivity index (χ1) is 12.4. The van der Waals surface area contributed by atoms with Gasteiger partial charge in [0, 0.05) is 12.1 Å². The van der Waals surface area contributed by atoms with Crippen LogP contribution >= 0.6 is 24.8 Å². The highest BCUT2D eigenvalue weighted by Gasteiger charge is 2.39. The molecule has 6 nitrogen and oxygen atoms in total. The highest BCUT2D eigenvalue weighted by Crippen LogP contribution is 2.39. The maximum Gasteiger partial charge on any atom is 0.209 e. The van der Waals surface area contributed by atoms with Crippen molar-refractivity contribution in [2.24, 2.45) is 0 Å². The molecule has 1 saturated heterocycles. The van der Waals surface area contributed by atoms with Crippen molar-refractivity contribution in [3.05, 3.63) is 29.8 Å². The van der Waals surface area contributed by atoms with Gasteiger partial charge in [0.2, 0.25) is 10.0 Å². The molecule has 0 spiro atoms. The standard InChI is InChI=1S/C19H31N3O3S.2ClH/c1-25-18-5-3-4-15(14-18)19(22-26(2,23)24)10-6-16(7-11-19)21-17-8-12-20-13-9-17;;/h3-5,14,16-17,20-22H,6-13H2,1-2H3;2*1H. The van der Waals surface area contributed by atoms with Crippen molar-refractivity contribution in [3.63, 3.8) is 0 Å². The smallest absolute Gasteiger partial charge is 0.209 e. The van der Waals surface area contributed by atoms with Crippen molar-refractivity contribution >= 4 is 34.8 Å². The van der Waals surface area contributed by atoms with E-state index in [0.717, 1.165) is 50.1 Å². The Kier molecular flexibility index (Phi) is 10.00. The third-order valence-electron chi connectivity index (χ3n) is 5.65. The molecule has 9 heteroatoms. The number of halogens is 2. The van der Waals surface area contributed by atoms with E-state index < -0.39 is 15.6 Å². The van der Waals surface area contributed by atoms with E-state index in [9.17, 15) is 8.42 Å². The van der Waals surface area contributed by atoms with Gasteiger partial charge in [-0.2, -0.15) is 0 Å². The lowest BCUT2D eigenvalue weighted by molar-refractivity contribution is 0.212. The molecule has 3 rings (SSSR count). The number of nitrogens with one attached hydrogen (secondary N) is 3. The molecule has 3 N–H and O–H groups in total. The lowest BCUT2D eigenvalue weighted by atomic mass is 9.75. The molecule has 2 aliphatic rings. The quantitative estimate of drug-likeness (QED) is 0.616. The van der Waals surface area contributed by atoms with Crippen LogP contribution in [0.5, 0.6) is 5.75 Å². The van der Waals surface area contributed by atoms with Gasteiger partial charge in [0.05, 0.1) is 18.9 Å². The van der Waals surface area contributed by atoms with Crippen molar-refractivity contribution in [1.29, 1.82) is 0 Å². The summed E-state index contributed by atoms with van der Waals surface area (Å²) in [7, 11) is -1.68. The highest BCUT2D eigenvalue weighted by atomic mass is 35.5. The predicted molar refractivity (Wildman–Crippen MR) is 118 cm³/mol. The average molecular weight is 454 g/mol. The van der Waals surface area contributed by atoms with Crippen LogP contribution in [0.25, 0.3) is 0 Å². The fourth-order valence-electron chi connectivity index (χ4n) is 4.32. The van der Waals surface area contributed by atoms with Crippen LogP contribution in [-0.4, -0.2) is 47.0 Å². The lowest BCUT2D eigenvalue weighted by Crippen LogP contribution is -2.52. The SMILES string of the molecule is COc1cccc(C2(NS(C)(=O)=O)CCC(NC3CCNCC3)CC2)c1.Cl.Cl. The topological polar surface area (TPSA) is 79.5 Å². The molecule has 0 atom stereocenters. The van der Waals surface area contributed by atoms with E-state index in [4.69, 9.17) is 4.74 Å². The number of sulfonamides is 1. The largest absolute Gasteiger partial charge is 0.497 e. The second-order valence-electron chi connectivity index (χ2n) is 7.65. The van der Waals surface area contributed by atoms with E-state index in [1.807, 2.05) is 24.3 Å². The molecule has 1 aromatic carbocycles. The monoisotopic (exact) mass is 453 g/mol. The van der Waals surface area contributed by atoms with E-state index in [2.05, 4.69) is 15.4 Å². The minimum Gasteiger partial charge on any atom is -0.497 e. The lowest BCUT2D eigenvalue weighted by Gasteiger charge is -2.42. The maximum absolute atomic E-state index is 12.1. The molecule has 1 saturated carbocycles. The Morgan fingerprint density at radius 2 is 1.68 bits per heavy atom. The first kappa shape index (κ1) is 25.5. The summed E-state index contributed by atoms with van der Waals surface area (Å²) < 4.78 is 32.4. The van der Waals surface area contributed by atoms with Gasteiger partial charge in [-0.1, -0.05) is 12.1 Å². The molecule has 0 bridgehead atoms. The summed E-state index contributed by atoms with van der Waals surface area (Å²) >= 11 is 0. The summed E-state index contributed by atoms with van der Waals surface area (Å²) in [6.45, 7) is 2.15. The first-order valence-electron chi connectivity index (χ1n) is 9.50. The van der Waals surface area contributed by atoms with Gasteiger partial charge in [0.25, 0.3) is 0 Å². The van der Waals surface area contributed by atoms with Gasteiger partial charge in [0.1, 0.15) is 5.75 Å². The van der Waals surface area contributed by atoms with Crippen LogP contribution in [0, 0.1) is 0 Å². The molecule has 1 aromatic rings. The van der Waals surface area contributed by atoms with Crippen molar-refractivity contribution in [2.75, 3.05) is 26.5 Å². The zero-order valence-electron chi connectivity index (χ0n) is 16.6. The molecule has 0 radical (unpaired) electrons. The van der Waals surface area contributed by atoms with Crippen molar-refractivity contribution in [3.8, 4) is 5.75 Å². The molecular formula is C19H33Cl2N3O3S. The van der Waals surface area contributed by atoms with Gasteiger partial charge < -0.3 is 15.4 Å². The first-order valence-corrected chi connectivity index (χ1v) is 11.4. The summed E-state index contributed by atoms with van der Waals surface area (Å²) in [6.07, 6.45) is 7.07. The normalized spacial score (nSPS) is 26.0. The van der Waals surface area contributed by atoms with Crippen LogP contribution in [0.1, 0.15) is 44.1 Å². The summed E-state index contributed by atoms with van der Waals surface area (Å²) in [6, 6.07) is 8.81. The Labute approximate surface area is 181 Å². The molecule has 1 aliphatic carbocycles. The fourth-order valence-corrected chi connectivity index (χ4v) is 5.36. The van der Waals surface area contributed by atoms with E-state index >= 15 is 0 Å². The number of hydrogen-bond donors (Lipinski definition) is 3. The Balaban J connectivity index is 0.00000196. The summed E-state index contributed by atoms with van der Waals surface area (Å²) in [5.41, 5.74) is 0.441. The molecule has 162 valence electrons. The van der Waals surface area contributed by atoms with Crippen LogP contribution in [0.2, 0.25) is 0 Å². The van der Waals surface area contributed by atoms with Gasteiger partial charge in [-0.15, -0.1) is 24.8 Å². The van der Waals surface area contributed by atoms with Gasteiger partial charge in [0.15, 0.2) is 0 Å². The molecule has 1 aliphatic heterocycles. The minimum absolute atomic E-state index is 0. The number of rotatable bonds is 6. The summed E-state index contributed by atoms with van der Waals surface area (Å²) in [4.78, 5) is 0. The van der Waals surface area contributed by atoms with Gasteiger partial charge >= 0.3 is 0 Å². The predicted octanol–water partition coefficient (Wildman–Crippen LogP) is 2.57. The second kappa shape index (κ2) is 11.0. The number of benzene rings is 1. The van der Waals surface area contributed by atoms with Gasteiger partial charge in [-0.3, -0.25) is 0 Å². The third-order valence-corrected chi connectivity index (χ3v) is 6.41. The van der Waals surface area contributed by atoms with E-state index in [1.165, 1.54) is 19.1 Å². The Morgan fingerprint density at radius 3 is 2.25 bits per heavy atom. The van der Waals surface area contributed by atoms with E-state index in [-0.39, 0.29) is 24.8 Å². The van der Waals surface area contributed by atoms with E-state index in [1.54, 1.807) is 7.11 Å². The zero-order chi connectivity index (χ0) is 18.6. The van der Waals surface area contributed by atoms with Crippen LogP contribution in [-0.2, 0) is 15.6 Å². The molecule has 0 aromatic heterocycles. The Hall–Kier alpha value is -0.570. The van der Waals surface area contributed by atoms with Crippen molar-refractivity contribution in [2.45, 2.75) is 56.1 Å². The number of piperidine rings is 1. The minimum atomic E-state index is -3.31. The molecule has 1 heterocycles. The van der Waals surface area contributed by atoms with Crippen molar-refractivity contribution < 1.29 is 13.2 Å². The second-order valence-corrected chi connectivity index (χ2v) is 9.40. The number of ether oxygens (including phenoxy) is 1. The van der Waals surface area contributed by atoms with Crippen LogP contribution in [0.15, 0.2) is 24.3 Å². The average Bonchev–Trinajstić information content (AvgIpc) is 2.63. The molecule has 2 fully saturated rings. The number of methoxy groups -OCH3 is 1. The molecule has 28 heavy (non-hydrogen) atoms. The third kappa shape index (κ3) is 6.75. The Morgan fingerprint density at radius 1 is 1.07 bits per heavy atom. The summed E-state index contributed by atoms with van der Waals surface area (Å²) in [5.74, 6) is 0.757. The maximum atomic E-state index is 12.1. The van der Waals surface area contributed by atoms with Crippen LogP contribution in [0.3, 0.4) is 0 Å². The van der Waals surface area contributed by atoms with Gasteiger partial charge in [-0.25, -0.2) is 13.1 Å². The highest BCUT2D eigenvalue weighted by molar-refractivity contribution is 7.88. The Bertz CT molecular complexity index is 704. The molecule has 0 amide bonds. The van der Waals surface area contributed by atoms with E-state index in [0.29, 0.717) is 12.1 Å². The molecular weight excluding hydrogens is 421 g/mol.